The van der Waals surface area contributed by atoms with E-state index in [4.69, 9.17) is 16.1 Å². The summed E-state index contributed by atoms with van der Waals surface area (Å²) in [6.45, 7) is -0.542. The quantitative estimate of drug-likeness (QED) is 0.253. The highest BCUT2D eigenvalue weighted by molar-refractivity contribution is 5.93. The Bertz CT molecular complexity index is 297. The number of phenolic OH excluding ortho intramolecular Hbond substituents is 1. The van der Waals surface area contributed by atoms with Crippen molar-refractivity contribution in [2.45, 2.75) is 0 Å². The summed E-state index contributed by atoms with van der Waals surface area (Å²) in [5.74, 6) is 4.73. The Kier molecular flexibility index (Phi) is 2.84. The fourth-order valence-corrected chi connectivity index (χ4v) is 0.834. The molecule has 1 rings (SSSR count). The third kappa shape index (κ3) is 2.17. The summed E-state index contributed by atoms with van der Waals surface area (Å²) >= 11 is 0. The molecule has 0 aliphatic heterocycles. The van der Waals surface area contributed by atoms with E-state index in [9.17, 15) is 4.79 Å². The molecule has 5 nitrogen and oxygen atoms in total. The van der Waals surface area contributed by atoms with Crippen LogP contribution in [-0.2, 0) is 0 Å². The maximum Gasteiger partial charge on any atom is 0.269 e. The summed E-state index contributed by atoms with van der Waals surface area (Å²) < 4.78 is 0. The fourth-order valence-electron chi connectivity index (χ4n) is 0.834. The Morgan fingerprint density at radius 1 is 1.38 bits per heavy atom. The van der Waals surface area contributed by atoms with Gasteiger partial charge >= 0.3 is 0 Å². The van der Waals surface area contributed by atoms with E-state index < -0.39 is 12.6 Å². The average Bonchev–Trinajstić information content (AvgIpc) is 2.17. The zero-order valence-corrected chi connectivity index (χ0v) is 6.84. The molecular formula is C8H10N2O3. The zero-order chi connectivity index (χ0) is 9.84. The van der Waals surface area contributed by atoms with Gasteiger partial charge in [-0.05, 0) is 24.3 Å². The first-order valence-corrected chi connectivity index (χ1v) is 3.61. The zero-order valence-electron chi connectivity index (χ0n) is 6.84. The molecule has 1 amide bonds. The molecule has 0 fully saturated rings. The Hall–Kier alpha value is -1.59. The maximum atomic E-state index is 11.2. The van der Waals surface area contributed by atoms with Crippen LogP contribution in [0.25, 0.3) is 0 Å². The highest BCUT2D eigenvalue weighted by Crippen LogP contribution is 2.10. The molecule has 1 aromatic rings. The molecule has 0 bridgehead atoms. The van der Waals surface area contributed by atoms with Crippen LogP contribution in [0, 0.1) is 0 Å². The smallest absolute Gasteiger partial charge is 0.269 e. The Balaban J connectivity index is 2.83. The van der Waals surface area contributed by atoms with Gasteiger partial charge in [0.05, 0.1) is 0 Å². The third-order valence-electron chi connectivity index (χ3n) is 1.53. The number of rotatable bonds is 2. The highest BCUT2D eigenvalue weighted by Gasteiger charge is 2.10. The van der Waals surface area contributed by atoms with Crippen LogP contribution >= 0.6 is 0 Å². The minimum Gasteiger partial charge on any atom is -0.508 e. The van der Waals surface area contributed by atoms with E-state index >= 15 is 0 Å². The fraction of sp³-hybridized carbons (Fsp3) is 0.125. The van der Waals surface area contributed by atoms with Crippen molar-refractivity contribution in [1.82, 2.24) is 5.01 Å². The lowest BCUT2D eigenvalue weighted by Gasteiger charge is -2.12. The summed E-state index contributed by atoms with van der Waals surface area (Å²) in [4.78, 5) is 11.2. The van der Waals surface area contributed by atoms with E-state index in [1.165, 1.54) is 24.3 Å². The number of aliphatic hydroxyl groups excluding tert-OH is 1. The molecule has 0 atom stereocenters. The van der Waals surface area contributed by atoms with Gasteiger partial charge in [0, 0.05) is 5.56 Å². The molecule has 4 N–H and O–H groups in total. The molecule has 0 saturated heterocycles. The first kappa shape index (κ1) is 9.50. The first-order chi connectivity index (χ1) is 6.15. The molecule has 5 heteroatoms. The van der Waals surface area contributed by atoms with Crippen LogP contribution in [0.15, 0.2) is 24.3 Å². The minimum atomic E-state index is -0.542. The molecule has 0 heterocycles. The SMILES string of the molecule is NN(CO)C(=O)c1ccc(O)cc1. The Morgan fingerprint density at radius 3 is 2.38 bits per heavy atom. The van der Waals surface area contributed by atoms with Crippen LogP contribution in [0.2, 0.25) is 0 Å². The standard InChI is InChI=1S/C8H10N2O3/c9-10(5-11)8(13)6-1-3-7(12)4-2-6/h1-4,11-12H,5,9H2. The summed E-state index contributed by atoms with van der Waals surface area (Å²) in [7, 11) is 0. The van der Waals surface area contributed by atoms with Gasteiger partial charge < -0.3 is 10.2 Å². The number of hydrazine groups is 1. The van der Waals surface area contributed by atoms with Gasteiger partial charge in [0.2, 0.25) is 0 Å². The lowest BCUT2D eigenvalue weighted by molar-refractivity contribution is 0.0554. The maximum absolute atomic E-state index is 11.2. The summed E-state index contributed by atoms with van der Waals surface area (Å²) in [5, 5.41) is 18.2. The Morgan fingerprint density at radius 2 is 1.92 bits per heavy atom. The average molecular weight is 182 g/mol. The van der Waals surface area contributed by atoms with Crippen LogP contribution < -0.4 is 5.84 Å². The number of aromatic hydroxyl groups is 1. The molecular weight excluding hydrogens is 172 g/mol. The highest BCUT2D eigenvalue weighted by atomic mass is 16.3. The molecule has 0 spiro atoms. The number of carbonyl (C=O) groups is 1. The van der Waals surface area contributed by atoms with E-state index in [-0.39, 0.29) is 5.75 Å². The molecule has 0 aliphatic rings. The number of nitrogens with two attached hydrogens (primary N) is 1. The van der Waals surface area contributed by atoms with E-state index in [1.807, 2.05) is 0 Å². The van der Waals surface area contributed by atoms with Crippen LogP contribution in [0.1, 0.15) is 10.4 Å². The number of carbonyl (C=O) groups excluding carboxylic acids is 1. The molecule has 13 heavy (non-hydrogen) atoms. The van der Waals surface area contributed by atoms with Gasteiger partial charge in [-0.2, -0.15) is 0 Å². The normalized spacial score (nSPS) is 9.69. The van der Waals surface area contributed by atoms with Gasteiger partial charge in [0.15, 0.2) is 0 Å². The topological polar surface area (TPSA) is 86.8 Å². The minimum absolute atomic E-state index is 0.0733. The van der Waals surface area contributed by atoms with Gasteiger partial charge in [-0.15, -0.1) is 0 Å². The summed E-state index contributed by atoms with van der Waals surface area (Å²) in [5.41, 5.74) is 0.314. The molecule has 0 unspecified atom stereocenters. The molecule has 0 aliphatic carbocycles. The number of benzene rings is 1. The molecule has 0 aromatic heterocycles. The second-order valence-corrected chi connectivity index (χ2v) is 2.46. The molecule has 70 valence electrons. The molecule has 1 aromatic carbocycles. The van der Waals surface area contributed by atoms with Gasteiger partial charge in [-0.1, -0.05) is 0 Å². The first-order valence-electron chi connectivity index (χ1n) is 3.61. The lowest BCUT2D eigenvalue weighted by atomic mass is 10.2. The number of aliphatic hydroxyl groups is 1. The number of hydrogen-bond acceptors (Lipinski definition) is 4. The second-order valence-electron chi connectivity index (χ2n) is 2.46. The van der Waals surface area contributed by atoms with Crippen molar-refractivity contribution in [2.75, 3.05) is 6.73 Å². The number of hydrogen-bond donors (Lipinski definition) is 3. The van der Waals surface area contributed by atoms with Crippen molar-refractivity contribution in [3.05, 3.63) is 29.8 Å². The summed E-state index contributed by atoms with van der Waals surface area (Å²) in [6, 6.07) is 5.59. The number of amides is 1. The van der Waals surface area contributed by atoms with Crippen LogP contribution in [0.4, 0.5) is 0 Å². The summed E-state index contributed by atoms with van der Waals surface area (Å²) in [6.07, 6.45) is 0. The van der Waals surface area contributed by atoms with E-state index in [0.29, 0.717) is 10.6 Å². The molecule has 0 saturated carbocycles. The van der Waals surface area contributed by atoms with Crippen molar-refractivity contribution >= 4 is 5.91 Å². The third-order valence-corrected chi connectivity index (χ3v) is 1.53. The largest absolute Gasteiger partial charge is 0.508 e. The van der Waals surface area contributed by atoms with Crippen molar-refractivity contribution in [3.63, 3.8) is 0 Å². The van der Waals surface area contributed by atoms with Gasteiger partial charge in [0.25, 0.3) is 5.91 Å². The van der Waals surface area contributed by atoms with Gasteiger partial charge in [0.1, 0.15) is 12.5 Å². The van der Waals surface area contributed by atoms with E-state index in [1.54, 1.807) is 0 Å². The van der Waals surface area contributed by atoms with Gasteiger partial charge in [-0.25, -0.2) is 5.84 Å². The van der Waals surface area contributed by atoms with Crippen LogP contribution in [0.5, 0.6) is 5.75 Å². The van der Waals surface area contributed by atoms with Crippen molar-refractivity contribution in [1.29, 1.82) is 0 Å². The monoisotopic (exact) mass is 182 g/mol. The van der Waals surface area contributed by atoms with E-state index in [0.717, 1.165) is 0 Å². The van der Waals surface area contributed by atoms with Crippen LogP contribution in [-0.4, -0.2) is 27.9 Å². The number of phenols is 1. The number of nitrogens with zero attached hydrogens (tertiary/aromatic N) is 1. The Labute approximate surface area is 75.0 Å². The van der Waals surface area contributed by atoms with E-state index in [2.05, 4.69) is 0 Å². The van der Waals surface area contributed by atoms with Crippen molar-refractivity contribution < 1.29 is 15.0 Å². The van der Waals surface area contributed by atoms with Crippen molar-refractivity contribution in [3.8, 4) is 5.75 Å². The predicted octanol–water partition coefficient (Wildman–Crippen LogP) is -0.342. The second kappa shape index (κ2) is 3.88. The van der Waals surface area contributed by atoms with Crippen molar-refractivity contribution in [2.24, 2.45) is 5.84 Å². The molecule has 0 radical (unpaired) electrons. The predicted molar refractivity (Wildman–Crippen MR) is 45.5 cm³/mol. The lowest BCUT2D eigenvalue weighted by Crippen LogP contribution is -2.37. The van der Waals surface area contributed by atoms with Gasteiger partial charge in [-0.3, -0.25) is 9.80 Å². The van der Waals surface area contributed by atoms with Crippen LogP contribution in [0.3, 0.4) is 0 Å².